The minimum absolute atomic E-state index is 0.00594. The van der Waals surface area contributed by atoms with Gasteiger partial charge in [-0.2, -0.15) is 0 Å². The molecule has 0 fully saturated rings. The molecule has 90 valence electrons. The van der Waals surface area contributed by atoms with Crippen LogP contribution in [0.1, 0.15) is 15.9 Å². The van der Waals surface area contributed by atoms with Gasteiger partial charge >= 0.3 is 0 Å². The van der Waals surface area contributed by atoms with Gasteiger partial charge in [0.05, 0.1) is 7.11 Å². The summed E-state index contributed by atoms with van der Waals surface area (Å²) in [5, 5.41) is 0. The number of hydrogen-bond donors (Lipinski definition) is 0. The van der Waals surface area contributed by atoms with E-state index in [2.05, 4.69) is 0 Å². The van der Waals surface area contributed by atoms with Crippen molar-refractivity contribution in [2.24, 2.45) is 0 Å². The van der Waals surface area contributed by atoms with E-state index < -0.39 is 0 Å². The molecule has 0 unspecified atom stereocenters. The first-order valence-corrected chi connectivity index (χ1v) is 5.71. The van der Waals surface area contributed by atoms with Gasteiger partial charge < -0.3 is 4.74 Å². The van der Waals surface area contributed by atoms with Gasteiger partial charge in [-0.1, -0.05) is 48.5 Å². The van der Waals surface area contributed by atoms with E-state index in [0.29, 0.717) is 5.56 Å². The normalized spacial score (nSPS) is 10.5. The van der Waals surface area contributed by atoms with Gasteiger partial charge in [-0.15, -0.1) is 0 Å². The largest absolute Gasteiger partial charge is 0.497 e. The molecule has 0 aliphatic carbocycles. The lowest BCUT2D eigenvalue weighted by Gasteiger charge is -1.99. The van der Waals surface area contributed by atoms with Crippen LogP contribution < -0.4 is 4.74 Å². The van der Waals surface area contributed by atoms with Crippen molar-refractivity contribution in [1.29, 1.82) is 0 Å². The highest BCUT2D eigenvalue weighted by atomic mass is 16.5. The van der Waals surface area contributed by atoms with E-state index >= 15 is 0 Å². The highest BCUT2D eigenvalue weighted by molar-refractivity contribution is 6.06. The Hall–Kier alpha value is -2.35. The maximum absolute atomic E-state index is 11.8. The number of ether oxygens (including phenoxy) is 1. The molecule has 0 heterocycles. The Kier molecular flexibility index (Phi) is 3.92. The van der Waals surface area contributed by atoms with Crippen LogP contribution in [-0.4, -0.2) is 12.9 Å². The lowest BCUT2D eigenvalue weighted by molar-refractivity contribution is 0.104. The third kappa shape index (κ3) is 3.08. The van der Waals surface area contributed by atoms with Crippen LogP contribution in [0.15, 0.2) is 60.7 Å². The summed E-state index contributed by atoms with van der Waals surface area (Å²) in [4.78, 5) is 11.8. The van der Waals surface area contributed by atoms with Gasteiger partial charge in [-0.25, -0.2) is 0 Å². The lowest BCUT2D eigenvalue weighted by atomic mass is 10.1. The van der Waals surface area contributed by atoms with Crippen molar-refractivity contribution < 1.29 is 9.53 Å². The monoisotopic (exact) mass is 238 g/mol. The summed E-state index contributed by atoms with van der Waals surface area (Å²) in [7, 11) is 1.63. The van der Waals surface area contributed by atoms with Gasteiger partial charge in [0.15, 0.2) is 5.78 Å². The van der Waals surface area contributed by atoms with E-state index in [-0.39, 0.29) is 5.78 Å². The Balaban J connectivity index is 2.08. The molecular formula is C16H14O2. The quantitative estimate of drug-likeness (QED) is 0.601. The molecule has 0 aromatic heterocycles. The van der Waals surface area contributed by atoms with E-state index in [4.69, 9.17) is 4.74 Å². The average molecular weight is 238 g/mol. The SMILES string of the molecule is COc1ccc(/C=C\C(=O)c2ccccc2)cc1. The lowest BCUT2D eigenvalue weighted by Crippen LogP contribution is -1.92. The Bertz CT molecular complexity index is 539. The molecule has 0 bridgehead atoms. The van der Waals surface area contributed by atoms with E-state index in [1.807, 2.05) is 42.5 Å². The van der Waals surface area contributed by atoms with Crippen LogP contribution in [0.4, 0.5) is 0 Å². The van der Waals surface area contributed by atoms with Crippen LogP contribution in [0.3, 0.4) is 0 Å². The molecular weight excluding hydrogens is 224 g/mol. The van der Waals surface area contributed by atoms with Gasteiger partial charge in [0.25, 0.3) is 0 Å². The Labute approximate surface area is 107 Å². The molecule has 0 aliphatic rings. The molecule has 0 spiro atoms. The van der Waals surface area contributed by atoms with Crippen molar-refractivity contribution in [3.05, 3.63) is 71.8 Å². The molecule has 2 aromatic rings. The highest BCUT2D eigenvalue weighted by Gasteiger charge is 1.99. The standard InChI is InChI=1S/C16H14O2/c1-18-15-10-7-13(8-11-15)9-12-16(17)14-5-3-2-4-6-14/h2-12H,1H3/b12-9-. The van der Waals surface area contributed by atoms with Crippen LogP contribution in [0, 0.1) is 0 Å². The molecule has 0 aliphatic heterocycles. The fourth-order valence-electron chi connectivity index (χ4n) is 1.59. The van der Waals surface area contributed by atoms with Gasteiger partial charge in [-0.05, 0) is 23.8 Å². The van der Waals surface area contributed by atoms with Gasteiger partial charge in [0.1, 0.15) is 5.75 Å². The fraction of sp³-hybridized carbons (Fsp3) is 0.0625. The molecule has 0 radical (unpaired) electrons. The Morgan fingerprint density at radius 2 is 1.67 bits per heavy atom. The minimum Gasteiger partial charge on any atom is -0.497 e. The molecule has 0 atom stereocenters. The van der Waals surface area contributed by atoms with Crippen LogP contribution in [0.2, 0.25) is 0 Å². The molecule has 0 saturated carbocycles. The van der Waals surface area contributed by atoms with Crippen molar-refractivity contribution in [3.63, 3.8) is 0 Å². The number of ketones is 1. The van der Waals surface area contributed by atoms with Crippen molar-refractivity contribution in [1.82, 2.24) is 0 Å². The first-order valence-electron chi connectivity index (χ1n) is 5.71. The zero-order valence-corrected chi connectivity index (χ0v) is 10.2. The zero-order valence-electron chi connectivity index (χ0n) is 10.2. The van der Waals surface area contributed by atoms with E-state index in [1.165, 1.54) is 0 Å². The molecule has 2 nitrogen and oxygen atoms in total. The highest BCUT2D eigenvalue weighted by Crippen LogP contribution is 2.12. The number of benzene rings is 2. The average Bonchev–Trinajstić information content (AvgIpc) is 2.46. The summed E-state index contributed by atoms with van der Waals surface area (Å²) in [5.41, 5.74) is 1.67. The predicted octanol–water partition coefficient (Wildman–Crippen LogP) is 3.59. The summed E-state index contributed by atoms with van der Waals surface area (Å²) < 4.78 is 5.07. The molecule has 0 saturated heterocycles. The molecule has 0 amide bonds. The molecule has 0 N–H and O–H groups in total. The summed E-state index contributed by atoms with van der Waals surface area (Å²) in [6.07, 6.45) is 3.38. The first kappa shape index (κ1) is 12.1. The fourth-order valence-corrected chi connectivity index (χ4v) is 1.59. The smallest absolute Gasteiger partial charge is 0.185 e. The number of rotatable bonds is 4. The summed E-state index contributed by atoms with van der Waals surface area (Å²) in [6, 6.07) is 16.8. The zero-order chi connectivity index (χ0) is 12.8. The second-order valence-corrected chi connectivity index (χ2v) is 3.84. The third-order valence-corrected chi connectivity index (χ3v) is 2.60. The van der Waals surface area contributed by atoms with E-state index in [1.54, 1.807) is 31.4 Å². The number of hydrogen-bond acceptors (Lipinski definition) is 2. The molecule has 2 aromatic carbocycles. The van der Waals surface area contributed by atoms with Crippen LogP contribution in [0.5, 0.6) is 5.75 Å². The third-order valence-electron chi connectivity index (χ3n) is 2.60. The predicted molar refractivity (Wildman–Crippen MR) is 72.8 cm³/mol. The summed E-state index contributed by atoms with van der Waals surface area (Å²) in [5.74, 6) is 0.813. The Morgan fingerprint density at radius 3 is 2.28 bits per heavy atom. The van der Waals surface area contributed by atoms with Crippen LogP contribution >= 0.6 is 0 Å². The van der Waals surface area contributed by atoms with Gasteiger partial charge in [0, 0.05) is 5.56 Å². The molecule has 18 heavy (non-hydrogen) atoms. The first-order chi connectivity index (χ1) is 8.79. The second-order valence-electron chi connectivity index (χ2n) is 3.84. The van der Waals surface area contributed by atoms with Gasteiger partial charge in [0.2, 0.25) is 0 Å². The van der Waals surface area contributed by atoms with Crippen LogP contribution in [0.25, 0.3) is 6.08 Å². The number of carbonyl (C=O) groups excluding carboxylic acids is 1. The topological polar surface area (TPSA) is 26.3 Å². The van der Waals surface area contributed by atoms with Crippen molar-refractivity contribution in [2.75, 3.05) is 7.11 Å². The van der Waals surface area contributed by atoms with Crippen LogP contribution in [-0.2, 0) is 0 Å². The van der Waals surface area contributed by atoms with E-state index in [9.17, 15) is 4.79 Å². The van der Waals surface area contributed by atoms with Crippen molar-refractivity contribution in [2.45, 2.75) is 0 Å². The minimum atomic E-state index is 0.00594. The maximum Gasteiger partial charge on any atom is 0.185 e. The van der Waals surface area contributed by atoms with Gasteiger partial charge in [-0.3, -0.25) is 4.79 Å². The number of carbonyl (C=O) groups is 1. The molecule has 2 rings (SSSR count). The molecule has 2 heteroatoms. The second kappa shape index (κ2) is 5.82. The van der Waals surface area contributed by atoms with E-state index in [0.717, 1.165) is 11.3 Å². The number of methoxy groups -OCH3 is 1. The Morgan fingerprint density at radius 1 is 1.00 bits per heavy atom. The number of allylic oxidation sites excluding steroid dienone is 1. The maximum atomic E-state index is 11.8. The van der Waals surface area contributed by atoms with Crippen molar-refractivity contribution in [3.8, 4) is 5.75 Å². The summed E-state index contributed by atoms with van der Waals surface area (Å²) >= 11 is 0. The summed E-state index contributed by atoms with van der Waals surface area (Å²) in [6.45, 7) is 0. The van der Waals surface area contributed by atoms with Crippen molar-refractivity contribution >= 4 is 11.9 Å².